The van der Waals surface area contributed by atoms with Crippen LogP contribution in [0.2, 0.25) is 5.02 Å². The number of hydrogen-bond acceptors (Lipinski definition) is 2. The van der Waals surface area contributed by atoms with Crippen molar-refractivity contribution in [2.75, 3.05) is 4.90 Å². The molecule has 1 atom stereocenters. The third-order valence-electron chi connectivity index (χ3n) is 2.88. The topological polar surface area (TPSA) is 40.5 Å². The number of nitrogens with zero attached hydrogens (tertiary/aromatic N) is 1. The Morgan fingerprint density at radius 1 is 1.11 bits per heavy atom. The van der Waals surface area contributed by atoms with Gasteiger partial charge in [-0.05, 0) is 31.2 Å². The molecule has 3 nitrogen and oxygen atoms in total. The molecule has 98 valence electrons. The zero-order valence-electron chi connectivity index (χ0n) is 10.5. The highest BCUT2D eigenvalue weighted by atomic mass is 35.5. The van der Waals surface area contributed by atoms with E-state index in [4.69, 9.17) is 11.6 Å². The fraction of sp³-hybridized carbons (Fsp3) is 0.133. The van der Waals surface area contributed by atoms with Crippen molar-refractivity contribution in [1.29, 1.82) is 0 Å². The average Bonchev–Trinajstić information content (AvgIpc) is 2.42. The Kier molecular flexibility index (Phi) is 4.20. The Hall–Kier alpha value is -1.84. The van der Waals surface area contributed by atoms with E-state index in [2.05, 4.69) is 0 Å². The molecule has 1 N–H and O–H groups in total. The van der Waals surface area contributed by atoms with Gasteiger partial charge in [0.2, 0.25) is 6.41 Å². The summed E-state index contributed by atoms with van der Waals surface area (Å²) in [5.74, 6) is 0. The lowest BCUT2D eigenvalue weighted by Gasteiger charge is -2.24. The van der Waals surface area contributed by atoms with E-state index in [1.54, 1.807) is 36.4 Å². The quantitative estimate of drug-likeness (QED) is 0.687. The summed E-state index contributed by atoms with van der Waals surface area (Å²) < 4.78 is 0. The monoisotopic (exact) mass is 275 g/mol. The second kappa shape index (κ2) is 5.87. The molecule has 2 aromatic rings. The van der Waals surface area contributed by atoms with E-state index < -0.39 is 6.23 Å². The van der Waals surface area contributed by atoms with Gasteiger partial charge in [-0.1, -0.05) is 41.4 Å². The molecule has 0 spiro atoms. The average molecular weight is 276 g/mol. The van der Waals surface area contributed by atoms with E-state index in [1.165, 1.54) is 4.90 Å². The number of amides is 1. The lowest BCUT2D eigenvalue weighted by atomic mass is 10.1. The summed E-state index contributed by atoms with van der Waals surface area (Å²) in [5.41, 5.74) is 2.34. The Morgan fingerprint density at radius 2 is 1.68 bits per heavy atom. The molecular weight excluding hydrogens is 262 g/mol. The molecule has 0 bridgehead atoms. The number of carbonyl (C=O) groups excluding carboxylic acids is 1. The lowest BCUT2D eigenvalue weighted by Crippen LogP contribution is -2.26. The molecule has 4 heteroatoms. The van der Waals surface area contributed by atoms with Gasteiger partial charge in [0.25, 0.3) is 0 Å². The molecule has 0 aliphatic heterocycles. The Labute approximate surface area is 117 Å². The number of aliphatic hydroxyl groups excluding tert-OH is 1. The molecule has 2 rings (SSSR count). The third kappa shape index (κ3) is 3.13. The van der Waals surface area contributed by atoms with E-state index in [9.17, 15) is 9.90 Å². The van der Waals surface area contributed by atoms with Crippen molar-refractivity contribution in [3.8, 4) is 0 Å². The molecule has 1 amide bonds. The van der Waals surface area contributed by atoms with Crippen molar-refractivity contribution in [3.63, 3.8) is 0 Å². The number of carbonyl (C=O) groups is 1. The highest BCUT2D eigenvalue weighted by molar-refractivity contribution is 6.30. The highest BCUT2D eigenvalue weighted by Crippen LogP contribution is 2.25. The van der Waals surface area contributed by atoms with E-state index in [-0.39, 0.29) is 0 Å². The van der Waals surface area contributed by atoms with Crippen molar-refractivity contribution in [2.45, 2.75) is 13.2 Å². The predicted octanol–water partition coefficient (Wildman–Crippen LogP) is 3.30. The van der Waals surface area contributed by atoms with Gasteiger partial charge < -0.3 is 5.11 Å². The molecule has 0 aromatic heterocycles. The zero-order chi connectivity index (χ0) is 13.8. The van der Waals surface area contributed by atoms with E-state index in [0.717, 1.165) is 5.56 Å². The summed E-state index contributed by atoms with van der Waals surface area (Å²) in [4.78, 5) is 12.5. The van der Waals surface area contributed by atoms with Crippen LogP contribution in [0.15, 0.2) is 48.5 Å². The molecule has 1 unspecified atom stereocenters. The fourth-order valence-corrected chi connectivity index (χ4v) is 1.90. The van der Waals surface area contributed by atoms with E-state index >= 15 is 0 Å². The first-order valence-corrected chi connectivity index (χ1v) is 6.23. The van der Waals surface area contributed by atoms with Crippen LogP contribution in [0.1, 0.15) is 17.4 Å². The van der Waals surface area contributed by atoms with Gasteiger partial charge in [0.15, 0.2) is 6.23 Å². The maximum absolute atomic E-state index is 11.2. The first-order valence-electron chi connectivity index (χ1n) is 5.85. The Bertz CT molecular complexity index is 551. The van der Waals surface area contributed by atoms with Crippen LogP contribution in [0, 0.1) is 6.92 Å². The van der Waals surface area contributed by atoms with Crippen molar-refractivity contribution >= 4 is 23.7 Å². The molecule has 0 aliphatic rings. The molecule has 0 saturated carbocycles. The summed E-state index contributed by atoms with van der Waals surface area (Å²) in [6.45, 7) is 1.96. The SMILES string of the molecule is Cc1ccc(N(C=O)C(O)c2ccc(Cl)cc2)cc1. The number of aliphatic hydroxyl groups is 1. The second-order valence-electron chi connectivity index (χ2n) is 4.27. The van der Waals surface area contributed by atoms with Crippen LogP contribution in [-0.2, 0) is 4.79 Å². The van der Waals surface area contributed by atoms with Gasteiger partial charge in [0.1, 0.15) is 0 Å². The summed E-state index contributed by atoms with van der Waals surface area (Å²) in [7, 11) is 0. The smallest absolute Gasteiger partial charge is 0.216 e. The van der Waals surface area contributed by atoms with Crippen molar-refractivity contribution in [1.82, 2.24) is 0 Å². The molecule has 0 aliphatic carbocycles. The van der Waals surface area contributed by atoms with E-state index in [0.29, 0.717) is 22.7 Å². The van der Waals surface area contributed by atoms with Gasteiger partial charge in [-0.3, -0.25) is 9.69 Å². The van der Waals surface area contributed by atoms with Crippen LogP contribution >= 0.6 is 11.6 Å². The Morgan fingerprint density at radius 3 is 2.21 bits per heavy atom. The minimum absolute atomic E-state index is 0.587. The zero-order valence-corrected chi connectivity index (χ0v) is 11.2. The molecule has 0 radical (unpaired) electrons. The normalized spacial score (nSPS) is 11.9. The summed E-state index contributed by atoms with van der Waals surface area (Å²) in [6.07, 6.45) is -0.415. The third-order valence-corrected chi connectivity index (χ3v) is 3.13. The van der Waals surface area contributed by atoms with Gasteiger partial charge in [-0.2, -0.15) is 0 Å². The lowest BCUT2D eigenvalue weighted by molar-refractivity contribution is -0.109. The highest BCUT2D eigenvalue weighted by Gasteiger charge is 2.17. The maximum Gasteiger partial charge on any atom is 0.216 e. The number of benzene rings is 2. The number of halogens is 1. The number of rotatable bonds is 4. The van der Waals surface area contributed by atoms with E-state index in [1.807, 2.05) is 19.1 Å². The molecule has 0 fully saturated rings. The first-order chi connectivity index (χ1) is 9.11. The maximum atomic E-state index is 11.2. The minimum atomic E-state index is -1.03. The van der Waals surface area contributed by atoms with Gasteiger partial charge in [-0.25, -0.2) is 0 Å². The molecular formula is C15H14ClNO2. The van der Waals surface area contributed by atoms with Gasteiger partial charge in [0, 0.05) is 16.3 Å². The largest absolute Gasteiger partial charge is 0.369 e. The number of anilines is 1. The molecule has 0 saturated heterocycles. The summed E-state index contributed by atoms with van der Waals surface area (Å²) in [5, 5.41) is 10.8. The van der Waals surface area contributed by atoms with Crippen molar-refractivity contribution < 1.29 is 9.90 Å². The fourth-order valence-electron chi connectivity index (χ4n) is 1.77. The second-order valence-corrected chi connectivity index (χ2v) is 4.71. The number of aryl methyl sites for hydroxylation is 1. The van der Waals surface area contributed by atoms with Crippen molar-refractivity contribution in [2.24, 2.45) is 0 Å². The van der Waals surface area contributed by atoms with Crippen LogP contribution in [0.25, 0.3) is 0 Å². The summed E-state index contributed by atoms with van der Waals surface area (Å²) in [6, 6.07) is 14.1. The van der Waals surface area contributed by atoms with Crippen LogP contribution in [0.5, 0.6) is 0 Å². The van der Waals surface area contributed by atoms with Gasteiger partial charge >= 0.3 is 0 Å². The van der Waals surface area contributed by atoms with Gasteiger partial charge in [-0.15, -0.1) is 0 Å². The molecule has 0 heterocycles. The van der Waals surface area contributed by atoms with Gasteiger partial charge in [0.05, 0.1) is 0 Å². The molecule has 2 aromatic carbocycles. The summed E-state index contributed by atoms with van der Waals surface area (Å²) >= 11 is 5.80. The Balaban J connectivity index is 2.28. The van der Waals surface area contributed by atoms with Crippen LogP contribution in [0.4, 0.5) is 5.69 Å². The van der Waals surface area contributed by atoms with Crippen LogP contribution in [-0.4, -0.2) is 11.5 Å². The van der Waals surface area contributed by atoms with Crippen molar-refractivity contribution in [3.05, 3.63) is 64.7 Å². The van der Waals surface area contributed by atoms with Crippen LogP contribution < -0.4 is 4.90 Å². The molecule has 19 heavy (non-hydrogen) atoms. The number of hydrogen-bond donors (Lipinski definition) is 1. The predicted molar refractivity (Wildman–Crippen MR) is 76.1 cm³/mol. The standard InChI is InChI=1S/C15H14ClNO2/c1-11-2-8-14(9-3-11)17(10-18)15(19)12-4-6-13(16)7-5-12/h2-10,15,19H,1H3. The minimum Gasteiger partial charge on any atom is -0.369 e. The first kappa shape index (κ1) is 13.6. The van der Waals surface area contributed by atoms with Crippen LogP contribution in [0.3, 0.4) is 0 Å².